The molecule has 5 nitrogen and oxygen atoms in total. The van der Waals surface area contributed by atoms with Crippen LogP contribution in [-0.2, 0) is 18.2 Å². The van der Waals surface area contributed by atoms with Crippen molar-refractivity contribution in [2.24, 2.45) is 7.05 Å². The van der Waals surface area contributed by atoms with Crippen LogP contribution in [0.5, 0.6) is 5.75 Å². The van der Waals surface area contributed by atoms with Gasteiger partial charge in [-0.1, -0.05) is 12.1 Å². The van der Waals surface area contributed by atoms with Gasteiger partial charge in [-0.25, -0.2) is 0 Å². The number of anilines is 1. The molecule has 0 aliphatic rings. The molecular weight excluding hydrogens is 242 g/mol. The Morgan fingerprint density at radius 3 is 2.79 bits per heavy atom. The highest BCUT2D eigenvalue weighted by Crippen LogP contribution is 2.31. The molecule has 0 saturated carbocycles. The lowest BCUT2D eigenvalue weighted by Gasteiger charge is -2.06. The smallest absolute Gasteiger partial charge is 0.129 e. The van der Waals surface area contributed by atoms with Crippen molar-refractivity contribution in [2.45, 2.75) is 6.42 Å². The quantitative estimate of drug-likeness (QED) is 0.892. The summed E-state index contributed by atoms with van der Waals surface area (Å²) in [5.41, 5.74) is 9.02. The molecule has 0 amide bonds. The number of aromatic nitrogens is 2. The molecule has 102 valence electrons. The van der Waals surface area contributed by atoms with Gasteiger partial charge in [-0.15, -0.1) is 0 Å². The van der Waals surface area contributed by atoms with Gasteiger partial charge in [0.15, 0.2) is 0 Å². The molecule has 1 aromatic carbocycles. The van der Waals surface area contributed by atoms with E-state index in [9.17, 15) is 0 Å². The lowest BCUT2D eigenvalue weighted by Crippen LogP contribution is -1.98. The fraction of sp³-hybridized carbons (Fsp3) is 0.357. The van der Waals surface area contributed by atoms with Crippen molar-refractivity contribution in [1.82, 2.24) is 9.78 Å². The molecule has 5 heteroatoms. The maximum absolute atomic E-state index is 6.12. The van der Waals surface area contributed by atoms with E-state index in [1.807, 2.05) is 31.3 Å². The SMILES string of the molecule is COCCc1nn(C)c(N)c1-c1cccc(OC)c1. The van der Waals surface area contributed by atoms with Crippen molar-refractivity contribution in [3.8, 4) is 16.9 Å². The van der Waals surface area contributed by atoms with Crippen LogP contribution < -0.4 is 10.5 Å². The Morgan fingerprint density at radius 1 is 1.32 bits per heavy atom. The van der Waals surface area contributed by atoms with Crippen molar-refractivity contribution >= 4 is 5.82 Å². The predicted molar refractivity (Wildman–Crippen MR) is 75.2 cm³/mol. The summed E-state index contributed by atoms with van der Waals surface area (Å²) in [5.74, 6) is 1.46. The van der Waals surface area contributed by atoms with E-state index in [2.05, 4.69) is 5.10 Å². The second kappa shape index (κ2) is 5.75. The summed E-state index contributed by atoms with van der Waals surface area (Å²) in [6.07, 6.45) is 0.730. The first-order valence-corrected chi connectivity index (χ1v) is 6.12. The molecular formula is C14H19N3O2. The van der Waals surface area contributed by atoms with Gasteiger partial charge in [-0.3, -0.25) is 4.68 Å². The second-order valence-corrected chi connectivity index (χ2v) is 4.31. The van der Waals surface area contributed by atoms with E-state index in [0.717, 1.165) is 29.0 Å². The van der Waals surface area contributed by atoms with Gasteiger partial charge in [0, 0.05) is 26.1 Å². The summed E-state index contributed by atoms with van der Waals surface area (Å²) in [5, 5.41) is 4.45. The van der Waals surface area contributed by atoms with Gasteiger partial charge in [0.05, 0.1) is 19.4 Å². The average Bonchev–Trinajstić information content (AvgIpc) is 2.72. The van der Waals surface area contributed by atoms with Gasteiger partial charge in [-0.05, 0) is 17.7 Å². The van der Waals surface area contributed by atoms with Crippen LogP contribution in [0, 0.1) is 0 Å². The maximum atomic E-state index is 6.12. The van der Waals surface area contributed by atoms with Gasteiger partial charge >= 0.3 is 0 Å². The molecule has 0 bridgehead atoms. The molecule has 0 radical (unpaired) electrons. The third-order valence-electron chi connectivity index (χ3n) is 3.07. The monoisotopic (exact) mass is 261 g/mol. The van der Waals surface area contributed by atoms with Crippen LogP contribution >= 0.6 is 0 Å². The molecule has 0 saturated heterocycles. The summed E-state index contributed by atoms with van der Waals surface area (Å²) >= 11 is 0. The highest BCUT2D eigenvalue weighted by Gasteiger charge is 2.15. The third-order valence-corrected chi connectivity index (χ3v) is 3.07. The second-order valence-electron chi connectivity index (χ2n) is 4.31. The van der Waals surface area contributed by atoms with Crippen molar-refractivity contribution < 1.29 is 9.47 Å². The fourth-order valence-corrected chi connectivity index (χ4v) is 2.06. The van der Waals surface area contributed by atoms with E-state index in [1.165, 1.54) is 0 Å². The van der Waals surface area contributed by atoms with Gasteiger partial charge in [0.25, 0.3) is 0 Å². The van der Waals surface area contributed by atoms with Crippen molar-refractivity contribution in [2.75, 3.05) is 26.6 Å². The molecule has 19 heavy (non-hydrogen) atoms. The molecule has 2 rings (SSSR count). The van der Waals surface area contributed by atoms with E-state index < -0.39 is 0 Å². The number of ether oxygens (including phenoxy) is 2. The lowest BCUT2D eigenvalue weighted by molar-refractivity contribution is 0.201. The van der Waals surface area contributed by atoms with E-state index in [0.29, 0.717) is 12.4 Å². The minimum absolute atomic E-state index is 0.618. The largest absolute Gasteiger partial charge is 0.497 e. The lowest BCUT2D eigenvalue weighted by atomic mass is 10.0. The zero-order valence-electron chi connectivity index (χ0n) is 11.5. The number of nitrogen functional groups attached to an aromatic ring is 1. The molecule has 1 heterocycles. The van der Waals surface area contributed by atoms with Crippen molar-refractivity contribution in [1.29, 1.82) is 0 Å². The highest BCUT2D eigenvalue weighted by atomic mass is 16.5. The standard InChI is InChI=1S/C14H19N3O2/c1-17-14(15)13(12(16-17)7-8-18-2)10-5-4-6-11(9-10)19-3/h4-6,9H,7-8,15H2,1-3H3. The first kappa shape index (κ1) is 13.4. The number of nitrogens with zero attached hydrogens (tertiary/aromatic N) is 2. The topological polar surface area (TPSA) is 62.3 Å². The number of aryl methyl sites for hydroxylation is 1. The number of hydrogen-bond acceptors (Lipinski definition) is 4. The van der Waals surface area contributed by atoms with Gasteiger partial charge < -0.3 is 15.2 Å². The summed E-state index contributed by atoms with van der Waals surface area (Å²) in [6, 6.07) is 7.82. The highest BCUT2D eigenvalue weighted by molar-refractivity contribution is 5.77. The van der Waals surface area contributed by atoms with Crippen molar-refractivity contribution in [3.05, 3.63) is 30.0 Å². The molecule has 0 unspecified atom stereocenters. The minimum Gasteiger partial charge on any atom is -0.497 e. The summed E-state index contributed by atoms with van der Waals surface area (Å²) in [7, 11) is 5.17. The molecule has 0 aliphatic carbocycles. The maximum Gasteiger partial charge on any atom is 0.129 e. The fourth-order valence-electron chi connectivity index (χ4n) is 2.06. The molecule has 0 fully saturated rings. The van der Waals surface area contributed by atoms with E-state index in [4.69, 9.17) is 15.2 Å². The van der Waals surface area contributed by atoms with Crippen LogP contribution in [-0.4, -0.2) is 30.6 Å². The molecule has 2 N–H and O–H groups in total. The normalized spacial score (nSPS) is 10.7. The van der Waals surface area contributed by atoms with Crippen LogP contribution in [0.25, 0.3) is 11.1 Å². The van der Waals surface area contributed by atoms with E-state index in [-0.39, 0.29) is 0 Å². The third kappa shape index (κ3) is 2.71. The van der Waals surface area contributed by atoms with Crippen LogP contribution in [0.4, 0.5) is 5.82 Å². The molecule has 2 aromatic rings. The summed E-state index contributed by atoms with van der Waals surface area (Å²) in [6.45, 7) is 0.618. The van der Waals surface area contributed by atoms with Crippen LogP contribution in [0.15, 0.2) is 24.3 Å². The van der Waals surface area contributed by atoms with E-state index in [1.54, 1.807) is 18.9 Å². The van der Waals surface area contributed by atoms with Crippen molar-refractivity contribution in [3.63, 3.8) is 0 Å². The Bertz CT molecular complexity index is 564. The number of hydrogen-bond donors (Lipinski definition) is 1. The molecule has 0 atom stereocenters. The molecule has 0 aliphatic heterocycles. The van der Waals surface area contributed by atoms with Crippen LogP contribution in [0.2, 0.25) is 0 Å². The average molecular weight is 261 g/mol. The Kier molecular flexibility index (Phi) is 4.06. The van der Waals surface area contributed by atoms with Gasteiger partial charge in [-0.2, -0.15) is 5.10 Å². The van der Waals surface area contributed by atoms with E-state index >= 15 is 0 Å². The summed E-state index contributed by atoms with van der Waals surface area (Å²) in [4.78, 5) is 0. The zero-order chi connectivity index (χ0) is 13.8. The Labute approximate surface area is 112 Å². The first-order chi connectivity index (χ1) is 9.17. The number of benzene rings is 1. The van der Waals surface area contributed by atoms with Gasteiger partial charge in [0.1, 0.15) is 11.6 Å². The number of rotatable bonds is 5. The Morgan fingerprint density at radius 2 is 2.11 bits per heavy atom. The summed E-state index contributed by atoms with van der Waals surface area (Å²) < 4.78 is 12.1. The van der Waals surface area contributed by atoms with Crippen LogP contribution in [0.3, 0.4) is 0 Å². The number of nitrogens with two attached hydrogens (primary N) is 1. The zero-order valence-corrected chi connectivity index (χ0v) is 11.5. The predicted octanol–water partition coefficient (Wildman–Crippen LogP) is 1.87. The Balaban J connectivity index is 2.46. The minimum atomic E-state index is 0.618. The first-order valence-electron chi connectivity index (χ1n) is 6.12. The number of methoxy groups -OCH3 is 2. The Hall–Kier alpha value is -2.01. The molecule has 0 spiro atoms. The molecule has 1 aromatic heterocycles. The van der Waals surface area contributed by atoms with Gasteiger partial charge in [0.2, 0.25) is 0 Å². The van der Waals surface area contributed by atoms with Crippen LogP contribution in [0.1, 0.15) is 5.69 Å².